The van der Waals surface area contributed by atoms with Crippen molar-refractivity contribution in [3.05, 3.63) is 70.7 Å². The summed E-state index contributed by atoms with van der Waals surface area (Å²) in [5.41, 5.74) is 9.47. The predicted molar refractivity (Wildman–Crippen MR) is 160 cm³/mol. The molecule has 1 aliphatic carbocycles. The van der Waals surface area contributed by atoms with E-state index in [0.29, 0.717) is 57.2 Å². The van der Waals surface area contributed by atoms with Gasteiger partial charge in [0.25, 0.3) is 0 Å². The van der Waals surface area contributed by atoms with Crippen LogP contribution >= 0.6 is 23.1 Å². The van der Waals surface area contributed by atoms with Gasteiger partial charge in [-0.3, -0.25) is 14.5 Å². The van der Waals surface area contributed by atoms with E-state index < -0.39 is 5.92 Å². The fourth-order valence-corrected chi connectivity index (χ4v) is 6.73. The summed E-state index contributed by atoms with van der Waals surface area (Å²) >= 11 is 2.46. The number of benzene rings is 2. The molecule has 1 aromatic heterocycles. The van der Waals surface area contributed by atoms with Gasteiger partial charge in [0.1, 0.15) is 11.6 Å². The number of nitriles is 1. The fourth-order valence-electron chi connectivity index (χ4n) is 5.05. The lowest BCUT2D eigenvalue weighted by molar-refractivity contribution is -0.116. The minimum atomic E-state index is -0.605. The molecule has 1 atom stereocenters. The van der Waals surface area contributed by atoms with Crippen molar-refractivity contribution in [1.82, 2.24) is 10.2 Å². The van der Waals surface area contributed by atoms with Crippen LogP contribution in [0.4, 0.5) is 10.8 Å². The Kier molecular flexibility index (Phi) is 8.65. The zero-order valence-corrected chi connectivity index (χ0v) is 24.8. The minimum Gasteiger partial charge on any atom is -0.497 e. The van der Waals surface area contributed by atoms with Crippen LogP contribution in [0, 0.1) is 11.3 Å². The van der Waals surface area contributed by atoms with Crippen LogP contribution in [-0.4, -0.2) is 49.0 Å². The summed E-state index contributed by atoms with van der Waals surface area (Å²) in [6, 6.07) is 14.7. The van der Waals surface area contributed by atoms with Gasteiger partial charge in [0.2, 0.25) is 11.0 Å². The van der Waals surface area contributed by atoms with E-state index in [1.165, 1.54) is 30.2 Å². The Bertz CT molecular complexity index is 1640. The van der Waals surface area contributed by atoms with Gasteiger partial charge in [-0.15, -0.1) is 10.2 Å². The van der Waals surface area contributed by atoms with E-state index in [1.54, 1.807) is 37.3 Å². The number of hydrogen-bond donors (Lipinski definition) is 2. The van der Waals surface area contributed by atoms with Crippen molar-refractivity contribution in [3.8, 4) is 23.3 Å². The van der Waals surface area contributed by atoms with Crippen LogP contribution in [0.15, 0.2) is 69.5 Å². The second kappa shape index (κ2) is 12.5. The van der Waals surface area contributed by atoms with Crippen molar-refractivity contribution < 1.29 is 23.8 Å². The Hall–Kier alpha value is -4.54. The molecular weight excluding hydrogens is 576 g/mol. The number of Topliss-reactive ketones (excluding diaryl/α,β-unsaturated/α-hetero) is 1. The Morgan fingerprint density at radius 2 is 1.95 bits per heavy atom. The summed E-state index contributed by atoms with van der Waals surface area (Å²) in [5, 5.41) is 22.1. The summed E-state index contributed by atoms with van der Waals surface area (Å²) in [6.07, 6.45) is 1.64. The van der Waals surface area contributed by atoms with Gasteiger partial charge < -0.3 is 25.3 Å². The number of carbonyl (C=O) groups is 2. The molecule has 1 unspecified atom stereocenters. The van der Waals surface area contributed by atoms with Gasteiger partial charge in [0.05, 0.1) is 44.6 Å². The number of carbonyl (C=O) groups excluding carboxylic acids is 2. The molecule has 3 aromatic rings. The maximum Gasteiger partial charge on any atom is 0.234 e. The lowest BCUT2D eigenvalue weighted by atomic mass is 9.76. The van der Waals surface area contributed by atoms with Crippen LogP contribution < -0.4 is 30.2 Å². The average molecular weight is 605 g/mol. The smallest absolute Gasteiger partial charge is 0.234 e. The zero-order valence-electron chi connectivity index (χ0n) is 23.2. The molecule has 13 heteroatoms. The third-order valence-electron chi connectivity index (χ3n) is 6.92. The summed E-state index contributed by atoms with van der Waals surface area (Å²) in [7, 11) is 4.63. The Balaban J connectivity index is 1.38. The van der Waals surface area contributed by atoms with Crippen LogP contribution in [0.25, 0.3) is 0 Å². The van der Waals surface area contributed by atoms with E-state index >= 15 is 0 Å². The molecule has 1 amide bonds. The first kappa shape index (κ1) is 29.0. The van der Waals surface area contributed by atoms with Gasteiger partial charge >= 0.3 is 0 Å². The first-order valence-corrected chi connectivity index (χ1v) is 14.8. The van der Waals surface area contributed by atoms with E-state index in [2.05, 4.69) is 21.6 Å². The van der Waals surface area contributed by atoms with Crippen molar-refractivity contribution in [2.45, 2.75) is 29.5 Å². The second-order valence-corrected chi connectivity index (χ2v) is 11.5. The second-order valence-electron chi connectivity index (χ2n) is 9.35. The number of hydrogen-bond acceptors (Lipinski definition) is 12. The van der Waals surface area contributed by atoms with E-state index in [1.807, 2.05) is 24.3 Å². The lowest BCUT2D eigenvalue weighted by Gasteiger charge is -2.38. The maximum atomic E-state index is 13.3. The van der Waals surface area contributed by atoms with Crippen molar-refractivity contribution in [3.63, 3.8) is 0 Å². The maximum absolute atomic E-state index is 13.3. The minimum absolute atomic E-state index is 0.0275. The van der Waals surface area contributed by atoms with E-state index in [9.17, 15) is 14.9 Å². The number of methoxy groups -OCH3 is 3. The highest BCUT2D eigenvalue weighted by Crippen LogP contribution is 2.47. The number of nitrogens with zero attached hydrogens (tertiary/aromatic N) is 4. The molecule has 1 aliphatic heterocycles. The molecule has 0 radical (unpaired) electrons. The summed E-state index contributed by atoms with van der Waals surface area (Å²) in [5.74, 6) is 1.11. The fraction of sp³-hybridized carbons (Fsp3) is 0.276. The number of nitrogens with two attached hydrogens (primary N) is 1. The molecular formula is C29H28N6O5S2. The third-order valence-corrected chi connectivity index (χ3v) is 8.96. The molecule has 3 N–H and O–H groups in total. The number of ether oxygens (including phenoxy) is 3. The number of anilines is 2. The quantitative estimate of drug-likeness (QED) is 0.330. The van der Waals surface area contributed by atoms with Crippen molar-refractivity contribution in [2.24, 2.45) is 5.73 Å². The first-order valence-electron chi connectivity index (χ1n) is 13.0. The van der Waals surface area contributed by atoms with Crippen LogP contribution in [0.5, 0.6) is 17.2 Å². The number of ketones is 1. The van der Waals surface area contributed by atoms with Gasteiger partial charge in [-0.2, -0.15) is 5.26 Å². The van der Waals surface area contributed by atoms with Crippen LogP contribution in [0.3, 0.4) is 0 Å². The first-order chi connectivity index (χ1) is 20.4. The zero-order chi connectivity index (χ0) is 29.8. The summed E-state index contributed by atoms with van der Waals surface area (Å²) < 4.78 is 16.5. The number of thioether (sulfide) groups is 1. The number of aromatic nitrogens is 2. The predicted octanol–water partition coefficient (Wildman–Crippen LogP) is 4.60. The molecule has 2 aromatic carbocycles. The van der Waals surface area contributed by atoms with Crippen molar-refractivity contribution in [2.75, 3.05) is 37.3 Å². The Morgan fingerprint density at radius 1 is 1.14 bits per heavy atom. The van der Waals surface area contributed by atoms with Gasteiger partial charge in [-0.1, -0.05) is 35.2 Å². The van der Waals surface area contributed by atoms with Crippen LogP contribution in [0.2, 0.25) is 0 Å². The molecule has 0 bridgehead atoms. The topological polar surface area (TPSA) is 153 Å². The lowest BCUT2D eigenvalue weighted by Crippen LogP contribution is -2.38. The molecule has 0 spiro atoms. The SMILES string of the molecule is COc1cccc(C2C(C#N)=C(N)N(c3nnc(SCC(=O)Nc4ccc(OC)c(OC)c4)s3)C3=C2C(=O)CCC3)c1. The largest absolute Gasteiger partial charge is 0.497 e. The molecule has 216 valence electrons. The highest BCUT2D eigenvalue weighted by Gasteiger charge is 2.41. The van der Waals surface area contributed by atoms with Gasteiger partial charge in [0, 0.05) is 29.4 Å². The molecule has 0 saturated heterocycles. The summed E-state index contributed by atoms with van der Waals surface area (Å²) in [4.78, 5) is 27.7. The van der Waals surface area contributed by atoms with E-state index in [-0.39, 0.29) is 28.8 Å². The molecule has 2 heterocycles. The average Bonchev–Trinajstić information content (AvgIpc) is 3.48. The highest BCUT2D eigenvalue weighted by molar-refractivity contribution is 8.01. The molecule has 0 saturated carbocycles. The van der Waals surface area contributed by atoms with E-state index in [0.717, 1.165) is 11.3 Å². The van der Waals surface area contributed by atoms with E-state index in [4.69, 9.17) is 19.9 Å². The standard InChI is InChI=1S/C29H28N6O5S2/c1-38-18-7-4-6-16(12-18)25-19(14-30)27(31)35(20-8-5-9-21(36)26(20)25)28-33-34-29(42-28)41-15-24(37)32-17-10-11-22(39-2)23(13-17)40-3/h4,6-7,10-13,25H,5,8-9,15,31H2,1-3H3,(H,32,37). The summed E-state index contributed by atoms with van der Waals surface area (Å²) in [6.45, 7) is 0. The third kappa shape index (κ3) is 5.63. The number of nitrogens with one attached hydrogen (secondary N) is 1. The molecule has 5 rings (SSSR count). The van der Waals surface area contributed by atoms with Gasteiger partial charge in [-0.05, 0) is 42.7 Å². The number of rotatable bonds is 9. The molecule has 0 fully saturated rings. The monoisotopic (exact) mass is 604 g/mol. The van der Waals surface area contributed by atoms with Crippen LogP contribution in [-0.2, 0) is 9.59 Å². The number of allylic oxidation sites excluding steroid dienone is 3. The molecule has 11 nitrogen and oxygen atoms in total. The highest BCUT2D eigenvalue weighted by atomic mass is 32.2. The van der Waals surface area contributed by atoms with Crippen molar-refractivity contribution in [1.29, 1.82) is 5.26 Å². The molecule has 42 heavy (non-hydrogen) atoms. The van der Waals surface area contributed by atoms with Gasteiger partial charge in [-0.25, -0.2) is 0 Å². The Labute approximate surface area is 251 Å². The van der Waals surface area contributed by atoms with Crippen molar-refractivity contribution >= 4 is 45.6 Å². The van der Waals surface area contributed by atoms with Gasteiger partial charge in [0.15, 0.2) is 21.6 Å². The molecule has 2 aliphatic rings. The normalized spacial score (nSPS) is 16.6. The Morgan fingerprint density at radius 3 is 2.69 bits per heavy atom. The van der Waals surface area contributed by atoms with Crippen LogP contribution in [0.1, 0.15) is 30.7 Å². The number of amides is 1.